The summed E-state index contributed by atoms with van der Waals surface area (Å²) in [6, 6.07) is 6.61. The Bertz CT molecular complexity index is 608. The molecule has 0 aliphatic carbocycles. The number of ether oxygens (including phenoxy) is 1. The van der Waals surface area contributed by atoms with Crippen molar-refractivity contribution in [3.63, 3.8) is 0 Å². The Morgan fingerprint density at radius 3 is 2.79 bits per heavy atom. The highest BCUT2D eigenvalue weighted by Crippen LogP contribution is 2.27. The number of rotatable bonds is 3. The highest BCUT2D eigenvalue weighted by atomic mass is 35.5. The van der Waals surface area contributed by atoms with Crippen LogP contribution in [0.15, 0.2) is 34.7 Å². The zero-order chi connectivity index (χ0) is 14.0. The Kier molecular flexibility index (Phi) is 3.87. The molecular formula is C13H10ClFO4. The molecule has 1 heterocycles. The van der Waals surface area contributed by atoms with Crippen LogP contribution in [0, 0.1) is 5.82 Å². The molecule has 1 aromatic carbocycles. The third-order valence-electron chi connectivity index (χ3n) is 2.54. The molecule has 1 aromatic heterocycles. The van der Waals surface area contributed by atoms with Crippen LogP contribution in [0.1, 0.15) is 28.0 Å². The fourth-order valence-corrected chi connectivity index (χ4v) is 1.75. The number of esters is 1. The number of aliphatic hydroxyl groups is 1. The molecule has 0 saturated carbocycles. The molecular weight excluding hydrogens is 275 g/mol. The van der Waals surface area contributed by atoms with Gasteiger partial charge in [0.25, 0.3) is 0 Å². The maximum atomic E-state index is 13.6. The summed E-state index contributed by atoms with van der Waals surface area (Å²) in [7, 11) is 1.21. The average Bonchev–Trinajstić information content (AvgIpc) is 2.86. The second kappa shape index (κ2) is 5.42. The lowest BCUT2D eigenvalue weighted by molar-refractivity contribution is 0.0558. The van der Waals surface area contributed by atoms with Crippen molar-refractivity contribution in [3.8, 4) is 0 Å². The highest BCUT2D eigenvalue weighted by Gasteiger charge is 2.20. The quantitative estimate of drug-likeness (QED) is 0.880. The van der Waals surface area contributed by atoms with E-state index in [9.17, 15) is 14.3 Å². The molecule has 0 aliphatic heterocycles. The minimum atomic E-state index is -1.32. The van der Waals surface area contributed by atoms with Crippen LogP contribution in [0.2, 0.25) is 5.02 Å². The minimum Gasteiger partial charge on any atom is -0.463 e. The van der Waals surface area contributed by atoms with Crippen LogP contribution in [0.4, 0.5) is 4.39 Å². The fraction of sp³-hybridized carbons (Fsp3) is 0.154. The summed E-state index contributed by atoms with van der Waals surface area (Å²) in [6.07, 6.45) is -1.32. The van der Waals surface area contributed by atoms with E-state index >= 15 is 0 Å². The maximum Gasteiger partial charge on any atom is 0.373 e. The molecule has 6 heteroatoms. The molecule has 0 bridgehead atoms. The first-order chi connectivity index (χ1) is 9.02. The summed E-state index contributed by atoms with van der Waals surface area (Å²) >= 11 is 5.63. The van der Waals surface area contributed by atoms with Crippen molar-refractivity contribution in [2.45, 2.75) is 6.10 Å². The van der Waals surface area contributed by atoms with E-state index in [0.29, 0.717) is 0 Å². The van der Waals surface area contributed by atoms with Gasteiger partial charge in [0.05, 0.1) is 7.11 Å². The van der Waals surface area contributed by atoms with E-state index in [1.807, 2.05) is 0 Å². The topological polar surface area (TPSA) is 59.7 Å². The number of benzene rings is 1. The molecule has 0 radical (unpaired) electrons. The molecule has 2 aromatic rings. The van der Waals surface area contributed by atoms with E-state index in [-0.39, 0.29) is 22.1 Å². The summed E-state index contributed by atoms with van der Waals surface area (Å²) in [5.41, 5.74) is 0.00941. The van der Waals surface area contributed by atoms with Gasteiger partial charge in [-0.15, -0.1) is 0 Å². The van der Waals surface area contributed by atoms with Crippen molar-refractivity contribution in [2.24, 2.45) is 0 Å². The molecule has 2 rings (SSSR count). The van der Waals surface area contributed by atoms with Gasteiger partial charge in [0.15, 0.2) is 0 Å². The molecule has 0 spiro atoms. The van der Waals surface area contributed by atoms with Crippen LogP contribution in [0.25, 0.3) is 0 Å². The molecule has 0 aliphatic rings. The van der Waals surface area contributed by atoms with Crippen LogP contribution in [0.3, 0.4) is 0 Å². The van der Waals surface area contributed by atoms with E-state index in [0.717, 1.165) is 6.07 Å². The van der Waals surface area contributed by atoms with Gasteiger partial charge in [-0.3, -0.25) is 0 Å². The van der Waals surface area contributed by atoms with Crippen LogP contribution in [-0.2, 0) is 4.74 Å². The molecule has 4 nitrogen and oxygen atoms in total. The lowest BCUT2D eigenvalue weighted by Crippen LogP contribution is -2.02. The molecule has 100 valence electrons. The van der Waals surface area contributed by atoms with Crippen LogP contribution in [-0.4, -0.2) is 18.2 Å². The molecule has 19 heavy (non-hydrogen) atoms. The van der Waals surface area contributed by atoms with Gasteiger partial charge in [-0.1, -0.05) is 17.7 Å². The number of methoxy groups -OCH3 is 1. The SMILES string of the molecule is COC(=O)c1ccc(C(O)c2ccc(Cl)cc2F)o1. The molecule has 1 N–H and O–H groups in total. The zero-order valence-corrected chi connectivity index (χ0v) is 10.6. The second-order valence-electron chi connectivity index (χ2n) is 3.76. The Labute approximate surface area is 113 Å². The number of halogens is 2. The summed E-state index contributed by atoms with van der Waals surface area (Å²) in [6.45, 7) is 0. The Morgan fingerprint density at radius 1 is 1.42 bits per heavy atom. The van der Waals surface area contributed by atoms with Crippen LogP contribution >= 0.6 is 11.6 Å². The lowest BCUT2D eigenvalue weighted by atomic mass is 10.1. The third kappa shape index (κ3) is 2.77. The van der Waals surface area contributed by atoms with E-state index in [1.165, 1.54) is 31.4 Å². The van der Waals surface area contributed by atoms with Crippen LogP contribution in [0.5, 0.6) is 0 Å². The summed E-state index contributed by atoms with van der Waals surface area (Å²) < 4.78 is 23.2. The third-order valence-corrected chi connectivity index (χ3v) is 2.78. The van der Waals surface area contributed by atoms with Gasteiger partial charge in [0.2, 0.25) is 5.76 Å². The van der Waals surface area contributed by atoms with E-state index in [2.05, 4.69) is 4.74 Å². The number of carbonyl (C=O) groups is 1. The number of aliphatic hydroxyl groups excluding tert-OH is 1. The summed E-state index contributed by atoms with van der Waals surface area (Å²) in [5, 5.41) is 10.2. The molecule has 0 fully saturated rings. The van der Waals surface area contributed by atoms with Crippen molar-refractivity contribution in [2.75, 3.05) is 7.11 Å². The summed E-state index contributed by atoms with van der Waals surface area (Å²) in [4.78, 5) is 11.2. The summed E-state index contributed by atoms with van der Waals surface area (Å²) in [5.74, 6) is -1.35. The van der Waals surface area contributed by atoms with Gasteiger partial charge in [-0.2, -0.15) is 0 Å². The highest BCUT2D eigenvalue weighted by molar-refractivity contribution is 6.30. The molecule has 1 atom stereocenters. The first-order valence-corrected chi connectivity index (χ1v) is 5.71. The van der Waals surface area contributed by atoms with Gasteiger partial charge in [-0.05, 0) is 24.3 Å². The van der Waals surface area contributed by atoms with Gasteiger partial charge in [0, 0.05) is 10.6 Å². The first kappa shape index (κ1) is 13.6. The van der Waals surface area contributed by atoms with Gasteiger partial charge >= 0.3 is 5.97 Å². The Morgan fingerprint density at radius 2 is 2.16 bits per heavy atom. The monoisotopic (exact) mass is 284 g/mol. The smallest absolute Gasteiger partial charge is 0.373 e. The van der Waals surface area contributed by atoms with Crippen molar-refractivity contribution in [1.82, 2.24) is 0 Å². The number of hydrogen-bond donors (Lipinski definition) is 1. The normalized spacial score (nSPS) is 12.2. The average molecular weight is 285 g/mol. The molecule has 0 saturated heterocycles. The van der Waals surface area contributed by atoms with E-state index in [4.69, 9.17) is 16.0 Å². The van der Waals surface area contributed by atoms with Gasteiger partial charge in [0.1, 0.15) is 17.7 Å². The first-order valence-electron chi connectivity index (χ1n) is 5.34. The standard InChI is InChI=1S/C13H10ClFO4/c1-18-13(17)11-5-4-10(19-11)12(16)8-3-2-7(14)6-9(8)15/h2-6,12,16H,1H3. The second-order valence-corrected chi connectivity index (χ2v) is 4.20. The zero-order valence-electron chi connectivity index (χ0n) is 9.89. The largest absolute Gasteiger partial charge is 0.463 e. The van der Waals surface area contributed by atoms with Crippen molar-refractivity contribution in [1.29, 1.82) is 0 Å². The molecule has 1 unspecified atom stereocenters. The predicted molar refractivity (Wildman–Crippen MR) is 65.5 cm³/mol. The number of furan rings is 1. The van der Waals surface area contributed by atoms with Crippen molar-refractivity contribution in [3.05, 3.63) is 58.3 Å². The maximum absolute atomic E-state index is 13.6. The minimum absolute atomic E-state index is 0.00941. The van der Waals surface area contributed by atoms with E-state index < -0.39 is 17.9 Å². The Balaban J connectivity index is 2.31. The predicted octanol–water partition coefficient (Wildman–Crippen LogP) is 2.94. The van der Waals surface area contributed by atoms with E-state index in [1.54, 1.807) is 0 Å². The van der Waals surface area contributed by atoms with Crippen molar-refractivity contribution < 1.29 is 23.4 Å². The van der Waals surface area contributed by atoms with Gasteiger partial charge < -0.3 is 14.3 Å². The van der Waals surface area contributed by atoms with Crippen molar-refractivity contribution >= 4 is 17.6 Å². The number of carbonyl (C=O) groups excluding carboxylic acids is 1. The lowest BCUT2D eigenvalue weighted by Gasteiger charge is -2.09. The van der Waals surface area contributed by atoms with Crippen LogP contribution < -0.4 is 0 Å². The van der Waals surface area contributed by atoms with Gasteiger partial charge in [-0.25, -0.2) is 9.18 Å². The fourth-order valence-electron chi connectivity index (χ4n) is 1.59. The molecule has 0 amide bonds. The Hall–Kier alpha value is -1.85. The number of hydrogen-bond acceptors (Lipinski definition) is 4.